The number of rotatable bonds is 5. The Kier molecular flexibility index (Phi) is 5.20. The molecular formula is C16H19BrN2O2. The highest BCUT2D eigenvalue weighted by Gasteiger charge is 2.11. The third-order valence-corrected chi connectivity index (χ3v) is 3.85. The first-order valence-electron chi connectivity index (χ1n) is 6.67. The molecule has 2 N–H and O–H groups in total. The zero-order valence-electron chi connectivity index (χ0n) is 12.4. The summed E-state index contributed by atoms with van der Waals surface area (Å²) in [6, 6.07) is 5.81. The van der Waals surface area contributed by atoms with Crippen LogP contribution in [0.2, 0.25) is 0 Å². The molecule has 0 spiro atoms. The van der Waals surface area contributed by atoms with Crippen LogP contribution in [0.1, 0.15) is 22.4 Å². The Morgan fingerprint density at radius 1 is 1.29 bits per heavy atom. The van der Waals surface area contributed by atoms with Gasteiger partial charge in [-0.15, -0.1) is 0 Å². The van der Waals surface area contributed by atoms with Gasteiger partial charge < -0.3 is 15.2 Å². The highest BCUT2D eigenvalue weighted by molar-refractivity contribution is 9.10. The number of hydrogen-bond donors (Lipinski definition) is 1. The third-order valence-electron chi connectivity index (χ3n) is 3.36. The zero-order valence-corrected chi connectivity index (χ0v) is 14.0. The minimum atomic E-state index is 0.386. The average molecular weight is 351 g/mol. The molecule has 0 amide bonds. The molecule has 0 radical (unpaired) electrons. The summed E-state index contributed by atoms with van der Waals surface area (Å²) in [5.41, 5.74) is 9.59. The lowest BCUT2D eigenvalue weighted by Crippen LogP contribution is -2.06. The molecule has 0 aliphatic carbocycles. The van der Waals surface area contributed by atoms with E-state index in [1.807, 2.05) is 32.0 Å². The molecule has 0 atom stereocenters. The summed E-state index contributed by atoms with van der Waals surface area (Å²) in [4.78, 5) is 4.43. The number of benzene rings is 1. The van der Waals surface area contributed by atoms with Gasteiger partial charge in [0, 0.05) is 33.9 Å². The van der Waals surface area contributed by atoms with Crippen LogP contribution < -0.4 is 15.2 Å². The van der Waals surface area contributed by atoms with Crippen LogP contribution in [0.3, 0.4) is 0 Å². The van der Waals surface area contributed by atoms with Crippen LogP contribution in [-0.4, -0.2) is 12.1 Å². The van der Waals surface area contributed by atoms with Gasteiger partial charge in [0.1, 0.15) is 18.1 Å². The van der Waals surface area contributed by atoms with Crippen LogP contribution in [0.4, 0.5) is 0 Å². The summed E-state index contributed by atoms with van der Waals surface area (Å²) < 4.78 is 12.3. The number of halogens is 1. The molecule has 0 bridgehead atoms. The van der Waals surface area contributed by atoms with E-state index >= 15 is 0 Å². The highest BCUT2D eigenvalue weighted by atomic mass is 79.9. The molecule has 5 heteroatoms. The van der Waals surface area contributed by atoms with E-state index < -0.39 is 0 Å². The number of hydrogen-bond acceptors (Lipinski definition) is 4. The Hall–Kier alpha value is -1.59. The second-order valence-electron chi connectivity index (χ2n) is 4.79. The van der Waals surface area contributed by atoms with Crippen molar-refractivity contribution in [3.8, 4) is 11.5 Å². The minimum Gasteiger partial charge on any atom is -0.496 e. The first kappa shape index (κ1) is 15.8. The van der Waals surface area contributed by atoms with Gasteiger partial charge in [-0.1, -0.05) is 15.9 Å². The maximum atomic E-state index is 5.87. The number of nitrogens with two attached hydrogens (primary N) is 1. The molecule has 0 fully saturated rings. The SMILES string of the molecule is COc1c(C)cnc(COc2ccc(Br)cc2CN)c1C. The molecule has 2 aromatic rings. The van der Waals surface area contributed by atoms with Gasteiger partial charge in [-0.05, 0) is 32.0 Å². The molecule has 112 valence electrons. The fourth-order valence-corrected chi connectivity index (χ4v) is 2.62. The van der Waals surface area contributed by atoms with Crippen molar-refractivity contribution in [3.63, 3.8) is 0 Å². The molecule has 0 aliphatic heterocycles. The molecule has 2 rings (SSSR count). The summed E-state index contributed by atoms with van der Waals surface area (Å²) in [7, 11) is 1.67. The van der Waals surface area contributed by atoms with Gasteiger partial charge in [-0.2, -0.15) is 0 Å². The molecule has 4 nitrogen and oxygen atoms in total. The Bertz CT molecular complexity index is 644. The smallest absolute Gasteiger partial charge is 0.131 e. The predicted octanol–water partition coefficient (Wildman–Crippen LogP) is 3.51. The van der Waals surface area contributed by atoms with Crippen molar-refractivity contribution in [2.45, 2.75) is 27.0 Å². The summed E-state index contributed by atoms with van der Waals surface area (Å²) in [5, 5.41) is 0. The number of methoxy groups -OCH3 is 1. The second kappa shape index (κ2) is 6.91. The molecule has 0 saturated carbocycles. The number of aromatic nitrogens is 1. The first-order valence-corrected chi connectivity index (χ1v) is 7.46. The fourth-order valence-electron chi connectivity index (χ4n) is 2.21. The summed E-state index contributed by atoms with van der Waals surface area (Å²) in [6.45, 7) is 4.78. The highest BCUT2D eigenvalue weighted by Crippen LogP contribution is 2.27. The number of ether oxygens (including phenoxy) is 2. The lowest BCUT2D eigenvalue weighted by molar-refractivity contribution is 0.295. The van der Waals surface area contributed by atoms with Crippen LogP contribution in [0.25, 0.3) is 0 Å². The van der Waals surface area contributed by atoms with Crippen molar-refractivity contribution in [2.24, 2.45) is 5.73 Å². The normalized spacial score (nSPS) is 10.5. The zero-order chi connectivity index (χ0) is 15.4. The molecule has 0 unspecified atom stereocenters. The predicted molar refractivity (Wildman–Crippen MR) is 86.6 cm³/mol. The number of nitrogens with zero attached hydrogens (tertiary/aromatic N) is 1. The first-order chi connectivity index (χ1) is 10.1. The number of aryl methyl sites for hydroxylation is 1. The van der Waals surface area contributed by atoms with Crippen LogP contribution in [-0.2, 0) is 13.2 Å². The van der Waals surface area contributed by atoms with Crippen molar-refractivity contribution in [3.05, 3.63) is 51.3 Å². The monoisotopic (exact) mass is 350 g/mol. The van der Waals surface area contributed by atoms with Gasteiger partial charge in [-0.3, -0.25) is 4.98 Å². The van der Waals surface area contributed by atoms with Gasteiger partial charge in [-0.25, -0.2) is 0 Å². The minimum absolute atomic E-state index is 0.386. The van der Waals surface area contributed by atoms with Gasteiger partial charge in [0.2, 0.25) is 0 Å². The molecule has 1 aromatic heterocycles. The van der Waals surface area contributed by atoms with E-state index in [-0.39, 0.29) is 0 Å². The molecule has 1 aromatic carbocycles. The van der Waals surface area contributed by atoms with Gasteiger partial charge in [0.05, 0.1) is 12.8 Å². The van der Waals surface area contributed by atoms with Crippen LogP contribution in [0.15, 0.2) is 28.9 Å². The fraction of sp³-hybridized carbons (Fsp3) is 0.312. The van der Waals surface area contributed by atoms with Crippen molar-refractivity contribution >= 4 is 15.9 Å². The quantitative estimate of drug-likeness (QED) is 0.896. The number of pyridine rings is 1. The van der Waals surface area contributed by atoms with Crippen LogP contribution in [0.5, 0.6) is 11.5 Å². The van der Waals surface area contributed by atoms with Crippen molar-refractivity contribution in [1.29, 1.82) is 0 Å². The Labute approximate surface area is 133 Å². The largest absolute Gasteiger partial charge is 0.496 e. The molecule has 1 heterocycles. The summed E-state index contributed by atoms with van der Waals surface area (Å²) in [6.07, 6.45) is 1.80. The maximum absolute atomic E-state index is 5.87. The Morgan fingerprint density at radius 3 is 2.71 bits per heavy atom. The molecular weight excluding hydrogens is 332 g/mol. The Morgan fingerprint density at radius 2 is 2.05 bits per heavy atom. The lowest BCUT2D eigenvalue weighted by atomic mass is 10.1. The van der Waals surface area contributed by atoms with Crippen molar-refractivity contribution in [2.75, 3.05) is 7.11 Å². The van der Waals surface area contributed by atoms with E-state index in [2.05, 4.69) is 20.9 Å². The molecule has 0 aliphatic rings. The summed E-state index contributed by atoms with van der Waals surface area (Å²) in [5.74, 6) is 1.64. The van der Waals surface area contributed by atoms with Crippen molar-refractivity contribution in [1.82, 2.24) is 4.98 Å². The van der Waals surface area contributed by atoms with E-state index in [4.69, 9.17) is 15.2 Å². The van der Waals surface area contributed by atoms with Gasteiger partial charge in [0.25, 0.3) is 0 Å². The van der Waals surface area contributed by atoms with Crippen LogP contribution in [0, 0.1) is 13.8 Å². The van der Waals surface area contributed by atoms with E-state index in [9.17, 15) is 0 Å². The second-order valence-corrected chi connectivity index (χ2v) is 5.71. The van der Waals surface area contributed by atoms with E-state index in [0.29, 0.717) is 13.2 Å². The average Bonchev–Trinajstić information content (AvgIpc) is 2.48. The van der Waals surface area contributed by atoms with Crippen molar-refractivity contribution < 1.29 is 9.47 Å². The standard InChI is InChI=1S/C16H19BrN2O2/c1-10-8-19-14(11(2)16(10)20-3)9-21-15-5-4-13(17)6-12(15)7-18/h4-6,8H,7,9,18H2,1-3H3. The summed E-state index contributed by atoms with van der Waals surface area (Å²) >= 11 is 3.43. The lowest BCUT2D eigenvalue weighted by Gasteiger charge is -2.14. The van der Waals surface area contributed by atoms with E-state index in [1.165, 1.54) is 0 Å². The van der Waals surface area contributed by atoms with E-state index in [1.54, 1.807) is 13.3 Å². The molecule has 0 saturated heterocycles. The van der Waals surface area contributed by atoms with Crippen LogP contribution >= 0.6 is 15.9 Å². The third kappa shape index (κ3) is 3.54. The van der Waals surface area contributed by atoms with E-state index in [0.717, 1.165) is 38.4 Å². The van der Waals surface area contributed by atoms with Gasteiger partial charge >= 0.3 is 0 Å². The Balaban J connectivity index is 2.21. The topological polar surface area (TPSA) is 57.4 Å². The molecule has 21 heavy (non-hydrogen) atoms. The maximum Gasteiger partial charge on any atom is 0.131 e. The van der Waals surface area contributed by atoms with Gasteiger partial charge in [0.15, 0.2) is 0 Å².